The van der Waals surface area contributed by atoms with E-state index in [1.807, 2.05) is 85.8 Å². The van der Waals surface area contributed by atoms with Crippen LogP contribution in [0.15, 0.2) is 78.9 Å². The van der Waals surface area contributed by atoms with E-state index >= 15 is 0 Å². The Balaban J connectivity index is 1.43. The van der Waals surface area contributed by atoms with Gasteiger partial charge in [0.15, 0.2) is 0 Å². The maximum Gasteiger partial charge on any atom is 0.407 e. The van der Waals surface area contributed by atoms with Crippen LogP contribution in [0.25, 0.3) is 11.1 Å². The third kappa shape index (κ3) is 5.51. The van der Waals surface area contributed by atoms with Crippen molar-refractivity contribution in [3.8, 4) is 11.1 Å². The molecule has 1 aliphatic rings. The van der Waals surface area contributed by atoms with Crippen LogP contribution in [0.1, 0.15) is 36.0 Å². The average molecular weight is 473 g/mol. The molecule has 35 heavy (non-hydrogen) atoms. The number of fused-ring (bicyclic) bond motifs is 3. The molecule has 1 aliphatic carbocycles. The molecule has 0 fully saturated rings. The predicted octanol–water partition coefficient (Wildman–Crippen LogP) is 4.42. The maximum absolute atomic E-state index is 13.1. The lowest BCUT2D eigenvalue weighted by atomic mass is 9.98. The molecule has 0 bridgehead atoms. The molecule has 3 aromatic carbocycles. The van der Waals surface area contributed by atoms with Crippen LogP contribution in [0.2, 0.25) is 0 Å². The summed E-state index contributed by atoms with van der Waals surface area (Å²) in [6, 6.07) is 24.1. The molecule has 1 atom stereocenters. The quantitative estimate of drug-likeness (QED) is 0.481. The van der Waals surface area contributed by atoms with Gasteiger partial charge in [-0.05, 0) is 34.7 Å². The van der Waals surface area contributed by atoms with Crippen molar-refractivity contribution in [1.82, 2.24) is 10.2 Å². The molecule has 0 saturated carbocycles. The summed E-state index contributed by atoms with van der Waals surface area (Å²) in [6.45, 7) is 2.58. The Kier molecular flexibility index (Phi) is 7.45. The molecule has 0 spiro atoms. The Morgan fingerprint density at radius 2 is 1.49 bits per heavy atom. The zero-order valence-corrected chi connectivity index (χ0v) is 19.5. The first-order chi connectivity index (χ1) is 17.0. The van der Waals surface area contributed by atoms with Gasteiger partial charge in [0.25, 0.3) is 0 Å². The number of alkyl carbamates (subject to hydrolysis) is 1. The van der Waals surface area contributed by atoms with Crippen molar-refractivity contribution in [3.05, 3.63) is 95.6 Å². The summed E-state index contributed by atoms with van der Waals surface area (Å²) in [7, 11) is 0. The van der Waals surface area contributed by atoms with Crippen molar-refractivity contribution in [2.45, 2.75) is 31.8 Å². The highest BCUT2D eigenvalue weighted by atomic mass is 16.5. The van der Waals surface area contributed by atoms with E-state index < -0.39 is 30.4 Å². The fraction of sp³-hybridized carbons (Fsp3) is 0.250. The lowest BCUT2D eigenvalue weighted by Gasteiger charge is -2.26. The molecule has 0 saturated heterocycles. The van der Waals surface area contributed by atoms with Crippen molar-refractivity contribution in [1.29, 1.82) is 0 Å². The smallest absolute Gasteiger partial charge is 0.407 e. The Bertz CT molecular complexity index is 1170. The largest absolute Gasteiger partial charge is 0.481 e. The summed E-state index contributed by atoms with van der Waals surface area (Å²) in [5, 5.41) is 11.8. The summed E-state index contributed by atoms with van der Waals surface area (Å²) in [5.74, 6) is -1.78. The number of amides is 2. The van der Waals surface area contributed by atoms with Crippen molar-refractivity contribution < 1.29 is 24.2 Å². The minimum absolute atomic E-state index is 0.0787. The number of hydrogen-bond acceptors (Lipinski definition) is 4. The molecule has 3 aromatic rings. The molecule has 2 amide bonds. The van der Waals surface area contributed by atoms with E-state index in [4.69, 9.17) is 4.74 Å². The number of carboxylic acid groups (broad SMARTS) is 1. The molecule has 0 aromatic heterocycles. The second kappa shape index (κ2) is 10.9. The van der Waals surface area contributed by atoms with E-state index in [9.17, 15) is 19.5 Å². The second-order valence-electron chi connectivity index (χ2n) is 8.46. The van der Waals surface area contributed by atoms with Crippen LogP contribution in [0.4, 0.5) is 4.79 Å². The van der Waals surface area contributed by atoms with Crippen LogP contribution < -0.4 is 5.32 Å². The molecular weight excluding hydrogens is 444 g/mol. The summed E-state index contributed by atoms with van der Waals surface area (Å²) in [4.78, 5) is 38.8. The normalized spacial score (nSPS) is 12.8. The van der Waals surface area contributed by atoms with Gasteiger partial charge in [-0.3, -0.25) is 9.59 Å². The van der Waals surface area contributed by atoms with Gasteiger partial charge in [-0.1, -0.05) is 78.9 Å². The number of carbonyl (C=O) groups is 3. The predicted molar refractivity (Wildman–Crippen MR) is 132 cm³/mol. The highest BCUT2D eigenvalue weighted by Crippen LogP contribution is 2.44. The first-order valence-corrected chi connectivity index (χ1v) is 11.6. The van der Waals surface area contributed by atoms with Crippen molar-refractivity contribution >= 4 is 18.0 Å². The van der Waals surface area contributed by atoms with Gasteiger partial charge in [-0.25, -0.2) is 4.79 Å². The Hall–Kier alpha value is -4.13. The first-order valence-electron chi connectivity index (χ1n) is 11.6. The number of hydrogen-bond donors (Lipinski definition) is 2. The van der Waals surface area contributed by atoms with E-state index in [2.05, 4.69) is 5.32 Å². The van der Waals surface area contributed by atoms with Gasteiger partial charge in [0.2, 0.25) is 5.91 Å². The third-order valence-corrected chi connectivity index (χ3v) is 6.22. The van der Waals surface area contributed by atoms with E-state index in [1.54, 1.807) is 0 Å². The van der Waals surface area contributed by atoms with Gasteiger partial charge in [-0.15, -0.1) is 0 Å². The van der Waals surface area contributed by atoms with Crippen LogP contribution in [0.5, 0.6) is 0 Å². The zero-order chi connectivity index (χ0) is 24.8. The molecular formula is C28H28N2O5. The maximum atomic E-state index is 13.1. The fourth-order valence-electron chi connectivity index (χ4n) is 4.53. The van der Waals surface area contributed by atoms with Crippen molar-refractivity contribution in [2.24, 2.45) is 0 Å². The number of ether oxygens (including phenoxy) is 1. The molecule has 2 N–H and O–H groups in total. The monoisotopic (exact) mass is 472 g/mol. The molecule has 4 rings (SSSR count). The van der Waals surface area contributed by atoms with Gasteiger partial charge < -0.3 is 20.1 Å². The second-order valence-corrected chi connectivity index (χ2v) is 8.46. The molecule has 1 unspecified atom stereocenters. The Morgan fingerprint density at radius 1 is 0.914 bits per heavy atom. The molecule has 0 heterocycles. The fourth-order valence-corrected chi connectivity index (χ4v) is 4.53. The lowest BCUT2D eigenvalue weighted by molar-refractivity contribution is -0.142. The minimum atomic E-state index is -1.23. The van der Waals surface area contributed by atoms with E-state index in [0.29, 0.717) is 13.1 Å². The van der Waals surface area contributed by atoms with Crippen molar-refractivity contribution in [2.75, 3.05) is 13.2 Å². The zero-order valence-electron chi connectivity index (χ0n) is 19.5. The minimum Gasteiger partial charge on any atom is -0.481 e. The topological polar surface area (TPSA) is 95.9 Å². The summed E-state index contributed by atoms with van der Waals surface area (Å²) >= 11 is 0. The van der Waals surface area contributed by atoms with Gasteiger partial charge in [0, 0.05) is 19.0 Å². The van der Waals surface area contributed by atoms with Crippen LogP contribution in [0.3, 0.4) is 0 Å². The van der Waals surface area contributed by atoms with E-state index in [-0.39, 0.29) is 12.5 Å². The molecule has 0 aliphatic heterocycles. The standard InChI is InChI=1S/C28H28N2O5/c1-2-30(17-19-10-4-3-5-11-19)27(33)25(16-26(31)32)29-28(34)35-18-24-22-14-8-6-12-20(22)21-13-7-9-15-23(21)24/h3-15,24-25H,2,16-18H2,1H3,(H,29,34)(H,31,32). The van der Waals surface area contributed by atoms with Crippen molar-refractivity contribution in [3.63, 3.8) is 0 Å². The van der Waals surface area contributed by atoms with Crippen LogP contribution in [0, 0.1) is 0 Å². The summed E-state index contributed by atoms with van der Waals surface area (Å²) < 4.78 is 5.52. The Morgan fingerprint density at radius 3 is 2.06 bits per heavy atom. The van der Waals surface area contributed by atoms with Gasteiger partial charge in [0.1, 0.15) is 12.6 Å². The number of likely N-dealkylation sites (N-methyl/N-ethyl adjacent to an activating group) is 1. The molecule has 0 radical (unpaired) electrons. The number of carboxylic acids is 1. The number of carbonyl (C=O) groups excluding carboxylic acids is 2. The van der Waals surface area contributed by atoms with E-state index in [0.717, 1.165) is 27.8 Å². The lowest BCUT2D eigenvalue weighted by Crippen LogP contribution is -2.49. The highest BCUT2D eigenvalue weighted by Gasteiger charge is 2.31. The number of nitrogens with one attached hydrogen (secondary N) is 1. The van der Waals surface area contributed by atoms with Gasteiger partial charge in [0.05, 0.1) is 6.42 Å². The number of rotatable bonds is 9. The first kappa shape index (κ1) is 24.0. The average Bonchev–Trinajstić information content (AvgIpc) is 3.19. The SMILES string of the molecule is CCN(Cc1ccccc1)C(=O)C(CC(=O)O)NC(=O)OCC1c2ccccc2-c2ccccc21. The highest BCUT2D eigenvalue weighted by molar-refractivity contribution is 5.89. The van der Waals surface area contributed by atoms with Crippen LogP contribution in [-0.2, 0) is 20.9 Å². The van der Waals surface area contributed by atoms with Gasteiger partial charge >= 0.3 is 12.1 Å². The van der Waals surface area contributed by atoms with E-state index in [1.165, 1.54) is 4.90 Å². The molecule has 180 valence electrons. The van der Waals surface area contributed by atoms with Crippen LogP contribution >= 0.6 is 0 Å². The van der Waals surface area contributed by atoms with Crippen LogP contribution in [-0.4, -0.2) is 47.2 Å². The Labute approximate surface area is 204 Å². The third-order valence-electron chi connectivity index (χ3n) is 6.22. The number of nitrogens with zero attached hydrogens (tertiary/aromatic N) is 1. The number of aliphatic carboxylic acids is 1. The number of benzene rings is 3. The molecule has 7 heteroatoms. The molecule has 7 nitrogen and oxygen atoms in total. The summed E-state index contributed by atoms with van der Waals surface area (Å²) in [6.07, 6.45) is -1.35. The van der Waals surface area contributed by atoms with Gasteiger partial charge in [-0.2, -0.15) is 0 Å². The summed E-state index contributed by atoms with van der Waals surface area (Å²) in [5.41, 5.74) is 5.27.